The van der Waals surface area contributed by atoms with Crippen molar-refractivity contribution in [3.05, 3.63) is 113 Å². The topological polar surface area (TPSA) is 23.8 Å². The van der Waals surface area contributed by atoms with Crippen molar-refractivity contribution in [2.24, 2.45) is 0 Å². The zero-order valence-electron chi connectivity index (χ0n) is 13.0. The molecule has 0 aliphatic heterocycles. The third kappa shape index (κ3) is 3.86. The van der Waals surface area contributed by atoms with Gasteiger partial charge in [-0.15, -0.1) is 0 Å². The fourth-order valence-corrected chi connectivity index (χ4v) is 2.92. The van der Waals surface area contributed by atoms with Gasteiger partial charge in [-0.25, -0.2) is 0 Å². The lowest BCUT2D eigenvalue weighted by molar-refractivity contribution is 1.55. The first-order valence-corrected chi connectivity index (χ1v) is 8.43. The second-order valence-electron chi connectivity index (χ2n) is 5.12. The minimum Gasteiger partial charge on any atom is -0.185 e. The van der Waals surface area contributed by atoms with Crippen LogP contribution in [0.4, 0.5) is 0 Å². The normalized spacial score (nSPS) is 9.62. The van der Waals surface area contributed by atoms with Crippen LogP contribution >= 0.6 is 11.8 Å². The molecule has 0 fully saturated rings. The first kappa shape index (κ1) is 15.9. The predicted molar refractivity (Wildman–Crippen MR) is 102 cm³/mol. The van der Waals surface area contributed by atoms with Crippen LogP contribution in [-0.4, -0.2) is 0 Å². The number of nitrogens with zero attached hydrogens (tertiary/aromatic N) is 1. The molecule has 0 aliphatic carbocycles. The van der Waals surface area contributed by atoms with E-state index in [1.54, 1.807) is 0 Å². The number of rotatable bonds is 4. The molecule has 24 heavy (non-hydrogen) atoms. The largest absolute Gasteiger partial charge is 0.185 e. The van der Waals surface area contributed by atoms with Gasteiger partial charge in [0, 0.05) is 5.57 Å². The first-order valence-electron chi connectivity index (χ1n) is 7.61. The molecule has 0 N–H and O–H groups in total. The highest BCUT2D eigenvalue weighted by Gasteiger charge is 2.07. The molecule has 2 heteroatoms. The molecule has 0 unspecified atom stereocenters. The van der Waals surface area contributed by atoms with Crippen molar-refractivity contribution in [3.63, 3.8) is 0 Å². The Labute approximate surface area is 146 Å². The van der Waals surface area contributed by atoms with Gasteiger partial charge in [0.05, 0.1) is 4.91 Å². The third-order valence-electron chi connectivity index (χ3n) is 3.55. The van der Waals surface area contributed by atoms with Gasteiger partial charge in [0.25, 0.3) is 0 Å². The van der Waals surface area contributed by atoms with Crippen LogP contribution in [-0.2, 0) is 0 Å². The molecule has 0 aliphatic rings. The number of hydrogen-bond donors (Lipinski definition) is 0. The standard InChI is InChI=1S/C22H15NS/c23-17-24-22(20-14-8-3-9-15-20)16-21(18-10-4-1-5-11-18)19-12-6-2-7-13-19/h1-15H. The molecule has 3 aromatic rings. The lowest BCUT2D eigenvalue weighted by Crippen LogP contribution is -1.87. The van der Waals surface area contributed by atoms with Crippen molar-refractivity contribution in [3.8, 4) is 5.40 Å². The lowest BCUT2D eigenvalue weighted by Gasteiger charge is -2.07. The van der Waals surface area contributed by atoms with Gasteiger partial charge >= 0.3 is 0 Å². The highest BCUT2D eigenvalue weighted by Crippen LogP contribution is 2.29. The predicted octanol–water partition coefficient (Wildman–Crippen LogP) is 5.97. The quantitative estimate of drug-likeness (QED) is 0.435. The highest BCUT2D eigenvalue weighted by atomic mass is 32.2. The van der Waals surface area contributed by atoms with Crippen LogP contribution in [0.3, 0.4) is 0 Å². The molecule has 3 rings (SSSR count). The molecular formula is C22H15NS. The summed E-state index contributed by atoms with van der Waals surface area (Å²) in [6, 6.07) is 30.2. The molecule has 0 saturated carbocycles. The Morgan fingerprint density at radius 3 is 1.46 bits per heavy atom. The fourth-order valence-electron chi connectivity index (χ4n) is 2.43. The van der Waals surface area contributed by atoms with E-state index < -0.39 is 0 Å². The van der Waals surface area contributed by atoms with E-state index in [1.807, 2.05) is 66.7 Å². The molecule has 3 aromatic carbocycles. The molecule has 0 spiro atoms. The average molecular weight is 325 g/mol. The lowest BCUT2D eigenvalue weighted by atomic mass is 9.98. The molecular weight excluding hydrogens is 310 g/mol. The maximum Gasteiger partial charge on any atom is 0.139 e. The monoisotopic (exact) mass is 325 g/mol. The van der Waals surface area contributed by atoms with Gasteiger partial charge in [-0.05, 0) is 28.5 Å². The van der Waals surface area contributed by atoms with Gasteiger partial charge in [0.15, 0.2) is 0 Å². The summed E-state index contributed by atoms with van der Waals surface area (Å²) in [4.78, 5) is 0.820. The summed E-state index contributed by atoms with van der Waals surface area (Å²) >= 11 is 1.14. The number of thiocyanates is 1. The van der Waals surface area contributed by atoms with Gasteiger partial charge < -0.3 is 0 Å². The molecule has 0 saturated heterocycles. The first-order chi connectivity index (χ1) is 11.9. The Morgan fingerprint density at radius 2 is 1.04 bits per heavy atom. The van der Waals surface area contributed by atoms with E-state index in [2.05, 4.69) is 35.4 Å². The maximum atomic E-state index is 9.19. The molecule has 114 valence electrons. The van der Waals surface area contributed by atoms with Gasteiger partial charge in [0.1, 0.15) is 5.40 Å². The Balaban J connectivity index is 2.26. The van der Waals surface area contributed by atoms with Crippen molar-refractivity contribution in [1.82, 2.24) is 0 Å². The van der Waals surface area contributed by atoms with Crippen LogP contribution in [0.5, 0.6) is 0 Å². The van der Waals surface area contributed by atoms with E-state index in [4.69, 9.17) is 0 Å². The Bertz CT molecular complexity index is 859. The van der Waals surface area contributed by atoms with Crippen molar-refractivity contribution in [2.45, 2.75) is 0 Å². The van der Waals surface area contributed by atoms with E-state index in [1.165, 1.54) is 0 Å². The van der Waals surface area contributed by atoms with Gasteiger partial charge in [-0.2, -0.15) is 5.26 Å². The van der Waals surface area contributed by atoms with Gasteiger partial charge in [0.2, 0.25) is 0 Å². The van der Waals surface area contributed by atoms with Crippen molar-refractivity contribution in [2.75, 3.05) is 0 Å². The SMILES string of the molecule is N#CSC(=C=C(c1ccccc1)c1ccccc1)c1ccccc1. The zero-order valence-corrected chi connectivity index (χ0v) is 13.8. The summed E-state index contributed by atoms with van der Waals surface area (Å²) in [5, 5.41) is 11.4. The summed E-state index contributed by atoms with van der Waals surface area (Å²) in [5.74, 6) is 0. The van der Waals surface area contributed by atoms with Crippen LogP contribution in [0, 0.1) is 10.7 Å². The highest BCUT2D eigenvalue weighted by molar-refractivity contribution is 8.12. The number of thioether (sulfide) groups is 1. The third-order valence-corrected chi connectivity index (χ3v) is 4.18. The Morgan fingerprint density at radius 1 is 0.625 bits per heavy atom. The summed E-state index contributed by atoms with van der Waals surface area (Å²) < 4.78 is 0. The van der Waals surface area contributed by atoms with Gasteiger partial charge in [-0.3, -0.25) is 0 Å². The molecule has 0 radical (unpaired) electrons. The molecule has 0 aromatic heterocycles. The number of hydrogen-bond acceptors (Lipinski definition) is 2. The van der Waals surface area contributed by atoms with E-state index in [9.17, 15) is 5.26 Å². The van der Waals surface area contributed by atoms with Crippen LogP contribution in [0.1, 0.15) is 16.7 Å². The van der Waals surface area contributed by atoms with Crippen LogP contribution in [0.15, 0.2) is 96.7 Å². The molecule has 0 bridgehead atoms. The molecule has 0 amide bonds. The minimum absolute atomic E-state index is 0.820. The summed E-state index contributed by atoms with van der Waals surface area (Å²) in [7, 11) is 0. The molecule has 0 heterocycles. The minimum atomic E-state index is 0.820. The molecule has 1 nitrogen and oxygen atoms in total. The second-order valence-corrected chi connectivity index (χ2v) is 5.92. The Kier molecular flexibility index (Phi) is 5.32. The second kappa shape index (κ2) is 8.04. The zero-order chi connectivity index (χ0) is 16.6. The fraction of sp³-hybridized carbons (Fsp3) is 0. The smallest absolute Gasteiger partial charge is 0.139 e. The van der Waals surface area contributed by atoms with Crippen molar-refractivity contribution < 1.29 is 0 Å². The van der Waals surface area contributed by atoms with Crippen molar-refractivity contribution >= 4 is 22.2 Å². The Hall–Kier alpha value is -2.98. The number of nitriles is 1. The number of benzene rings is 3. The average Bonchev–Trinajstić information content (AvgIpc) is 2.67. The van der Waals surface area contributed by atoms with E-state index in [0.717, 1.165) is 38.9 Å². The van der Waals surface area contributed by atoms with Gasteiger partial charge in [-0.1, -0.05) is 96.7 Å². The summed E-state index contributed by atoms with van der Waals surface area (Å²) in [6.07, 6.45) is 0. The van der Waals surface area contributed by atoms with Crippen LogP contribution in [0.2, 0.25) is 0 Å². The summed E-state index contributed by atoms with van der Waals surface area (Å²) in [6.45, 7) is 0. The van der Waals surface area contributed by atoms with Crippen LogP contribution < -0.4 is 0 Å². The summed E-state index contributed by atoms with van der Waals surface area (Å²) in [5.41, 5.74) is 7.61. The maximum absolute atomic E-state index is 9.19. The van der Waals surface area contributed by atoms with E-state index in [0.29, 0.717) is 0 Å². The van der Waals surface area contributed by atoms with Crippen LogP contribution in [0.25, 0.3) is 10.5 Å². The van der Waals surface area contributed by atoms with E-state index in [-0.39, 0.29) is 0 Å². The van der Waals surface area contributed by atoms with E-state index >= 15 is 0 Å². The molecule has 0 atom stereocenters. The van der Waals surface area contributed by atoms with Crippen molar-refractivity contribution in [1.29, 1.82) is 5.26 Å².